The van der Waals surface area contributed by atoms with Gasteiger partial charge in [0.1, 0.15) is 0 Å². The van der Waals surface area contributed by atoms with E-state index in [1.54, 1.807) is 12.4 Å². The maximum atomic E-state index is 5.12. The summed E-state index contributed by atoms with van der Waals surface area (Å²) in [5.74, 6) is 0.719. The monoisotopic (exact) mass is 156 g/mol. The van der Waals surface area contributed by atoms with Crippen LogP contribution in [0.3, 0.4) is 0 Å². The lowest BCUT2D eigenvalue weighted by Crippen LogP contribution is -1.92. The highest BCUT2D eigenvalue weighted by Gasteiger charge is 1.87. The Morgan fingerprint density at radius 2 is 2.60 bits per heavy atom. The molecule has 1 rings (SSSR count). The van der Waals surface area contributed by atoms with Crippen LogP contribution < -0.4 is 4.74 Å². The van der Waals surface area contributed by atoms with E-state index in [9.17, 15) is 0 Å². The van der Waals surface area contributed by atoms with Crippen LogP contribution in [-0.2, 0) is 0 Å². The molecule has 1 N–H and O–H groups in total. The van der Waals surface area contributed by atoms with Gasteiger partial charge in [0.25, 0.3) is 0 Å². The second kappa shape index (κ2) is 3.31. The molecule has 1 heterocycles. The van der Waals surface area contributed by atoms with Crippen molar-refractivity contribution in [3.63, 3.8) is 0 Å². The molecule has 0 aliphatic heterocycles. The molecule has 0 spiro atoms. The van der Waals surface area contributed by atoms with Gasteiger partial charge in [-0.05, 0) is 19.1 Å². The summed E-state index contributed by atoms with van der Waals surface area (Å²) in [5.41, 5.74) is 0. The van der Waals surface area contributed by atoms with Crippen molar-refractivity contribution in [3.05, 3.63) is 17.2 Å². The van der Waals surface area contributed by atoms with E-state index < -0.39 is 0 Å². The minimum absolute atomic E-state index is 0.475. The first-order chi connectivity index (χ1) is 4.83. The zero-order chi connectivity index (χ0) is 7.40. The molecule has 1 aromatic rings. The predicted molar refractivity (Wildman–Crippen MR) is 40.6 cm³/mol. The Morgan fingerprint density at radius 3 is 3.10 bits per heavy atom. The lowest BCUT2D eigenvalue weighted by molar-refractivity contribution is 0.337. The summed E-state index contributed by atoms with van der Waals surface area (Å²) in [4.78, 5) is 6.60. The van der Waals surface area contributed by atoms with Crippen molar-refractivity contribution in [2.24, 2.45) is 0 Å². The minimum Gasteiger partial charge on any atom is -0.491 e. The number of aromatic nitrogens is 2. The number of aromatic amines is 1. The zero-order valence-electron chi connectivity index (χ0n) is 5.63. The Hall–Kier alpha value is -0.900. The third-order valence-corrected chi connectivity index (χ3v) is 1.18. The Bertz CT molecular complexity index is 238. The van der Waals surface area contributed by atoms with E-state index in [1.807, 2.05) is 6.92 Å². The number of nitrogens with one attached hydrogen (secondary N) is 1. The minimum atomic E-state index is 0.475. The van der Waals surface area contributed by atoms with Gasteiger partial charge in [-0.3, -0.25) is 0 Å². The van der Waals surface area contributed by atoms with E-state index >= 15 is 0 Å². The van der Waals surface area contributed by atoms with Gasteiger partial charge < -0.3 is 9.72 Å². The molecule has 0 bridgehead atoms. The van der Waals surface area contributed by atoms with Gasteiger partial charge in [0.05, 0.1) is 12.8 Å². The highest BCUT2D eigenvalue weighted by Crippen LogP contribution is 2.03. The van der Waals surface area contributed by atoms with Gasteiger partial charge in [0.2, 0.25) is 0 Å². The average molecular weight is 156 g/mol. The Balaban J connectivity index is 2.79. The van der Waals surface area contributed by atoms with Gasteiger partial charge in [-0.2, -0.15) is 0 Å². The highest BCUT2D eigenvalue weighted by molar-refractivity contribution is 7.71. The van der Waals surface area contributed by atoms with Crippen LogP contribution in [0.2, 0.25) is 0 Å². The maximum absolute atomic E-state index is 5.12. The van der Waals surface area contributed by atoms with E-state index in [4.69, 9.17) is 17.0 Å². The lowest BCUT2D eigenvalue weighted by Gasteiger charge is -1.98. The van der Waals surface area contributed by atoms with Crippen molar-refractivity contribution in [1.82, 2.24) is 9.97 Å². The van der Waals surface area contributed by atoms with Crippen LogP contribution in [0.4, 0.5) is 0 Å². The van der Waals surface area contributed by atoms with Crippen molar-refractivity contribution in [1.29, 1.82) is 0 Å². The Labute approximate surface area is 64.1 Å². The fourth-order valence-corrected chi connectivity index (χ4v) is 0.687. The summed E-state index contributed by atoms with van der Waals surface area (Å²) < 4.78 is 5.60. The first-order valence-corrected chi connectivity index (χ1v) is 3.41. The Morgan fingerprint density at radius 1 is 1.80 bits per heavy atom. The van der Waals surface area contributed by atoms with Crippen molar-refractivity contribution < 1.29 is 4.74 Å². The molecule has 0 fully saturated rings. The van der Waals surface area contributed by atoms with Gasteiger partial charge in [-0.25, -0.2) is 4.98 Å². The summed E-state index contributed by atoms with van der Waals surface area (Å²) in [7, 11) is 0. The van der Waals surface area contributed by atoms with E-state index in [-0.39, 0.29) is 0 Å². The molecular formula is C6H8N2OS. The standard InChI is InChI=1S/C6H8N2OS/c1-2-9-5-3-7-6(10)8-4-5/h3-4H,2H2,1H3,(H,7,8,10). The van der Waals surface area contributed by atoms with Crippen LogP contribution in [0.15, 0.2) is 12.4 Å². The number of hydrogen-bond donors (Lipinski definition) is 1. The summed E-state index contributed by atoms with van der Waals surface area (Å²) in [6.45, 7) is 2.56. The third-order valence-electron chi connectivity index (χ3n) is 0.958. The average Bonchev–Trinajstić information content (AvgIpc) is 1.95. The molecule has 0 radical (unpaired) electrons. The fraction of sp³-hybridized carbons (Fsp3) is 0.333. The van der Waals surface area contributed by atoms with Crippen LogP contribution in [0.25, 0.3) is 0 Å². The van der Waals surface area contributed by atoms with Gasteiger partial charge >= 0.3 is 0 Å². The molecule has 54 valence electrons. The topological polar surface area (TPSA) is 37.9 Å². The third kappa shape index (κ3) is 1.80. The van der Waals surface area contributed by atoms with Gasteiger partial charge in [0, 0.05) is 6.20 Å². The second-order valence-corrected chi connectivity index (χ2v) is 2.07. The molecule has 0 atom stereocenters. The molecule has 0 aliphatic carbocycles. The molecule has 0 aliphatic rings. The number of nitrogens with zero attached hydrogens (tertiary/aromatic N) is 1. The summed E-state index contributed by atoms with van der Waals surface area (Å²) in [5, 5.41) is 0. The first-order valence-electron chi connectivity index (χ1n) is 3.00. The summed E-state index contributed by atoms with van der Waals surface area (Å²) in [6, 6.07) is 0. The summed E-state index contributed by atoms with van der Waals surface area (Å²) in [6.07, 6.45) is 3.29. The molecule has 0 unspecified atom stereocenters. The van der Waals surface area contributed by atoms with Crippen LogP contribution in [0.1, 0.15) is 6.92 Å². The maximum Gasteiger partial charge on any atom is 0.196 e. The van der Waals surface area contributed by atoms with E-state index in [1.165, 1.54) is 0 Å². The zero-order valence-corrected chi connectivity index (χ0v) is 6.44. The van der Waals surface area contributed by atoms with E-state index in [2.05, 4.69) is 9.97 Å². The smallest absolute Gasteiger partial charge is 0.196 e. The van der Waals surface area contributed by atoms with Crippen molar-refractivity contribution in [3.8, 4) is 5.75 Å². The second-order valence-electron chi connectivity index (χ2n) is 1.69. The molecule has 0 saturated heterocycles. The quantitative estimate of drug-likeness (QED) is 0.660. The van der Waals surface area contributed by atoms with Crippen LogP contribution in [0.5, 0.6) is 5.75 Å². The van der Waals surface area contributed by atoms with Crippen molar-refractivity contribution in [2.45, 2.75) is 6.92 Å². The number of hydrogen-bond acceptors (Lipinski definition) is 3. The molecule has 4 heteroatoms. The molecule has 0 aromatic carbocycles. The van der Waals surface area contributed by atoms with Crippen LogP contribution in [0, 0.1) is 4.77 Å². The number of ether oxygens (including phenoxy) is 1. The highest BCUT2D eigenvalue weighted by atomic mass is 32.1. The molecule has 1 aromatic heterocycles. The normalized spacial score (nSPS) is 9.30. The predicted octanol–water partition coefficient (Wildman–Crippen LogP) is 1.54. The van der Waals surface area contributed by atoms with Gasteiger partial charge in [-0.1, -0.05) is 0 Å². The molecule has 10 heavy (non-hydrogen) atoms. The largest absolute Gasteiger partial charge is 0.491 e. The molecular weight excluding hydrogens is 148 g/mol. The molecule has 0 amide bonds. The fourth-order valence-electron chi connectivity index (χ4n) is 0.575. The van der Waals surface area contributed by atoms with Crippen LogP contribution in [-0.4, -0.2) is 16.6 Å². The SMILES string of the molecule is CCOc1cnc(=S)[nH]c1. The first kappa shape index (κ1) is 7.21. The Kier molecular flexibility index (Phi) is 2.39. The molecule has 0 saturated carbocycles. The van der Waals surface area contributed by atoms with E-state index in [0.717, 1.165) is 5.75 Å². The number of H-pyrrole nitrogens is 1. The van der Waals surface area contributed by atoms with Crippen molar-refractivity contribution >= 4 is 12.2 Å². The lowest BCUT2D eigenvalue weighted by atomic mass is 10.6. The number of rotatable bonds is 2. The molecule has 3 nitrogen and oxygen atoms in total. The summed E-state index contributed by atoms with van der Waals surface area (Å²) >= 11 is 4.73. The van der Waals surface area contributed by atoms with Crippen molar-refractivity contribution in [2.75, 3.05) is 6.61 Å². The van der Waals surface area contributed by atoms with Gasteiger partial charge in [-0.15, -0.1) is 0 Å². The van der Waals surface area contributed by atoms with E-state index in [0.29, 0.717) is 11.4 Å². The van der Waals surface area contributed by atoms with Gasteiger partial charge in [0.15, 0.2) is 10.5 Å². The van der Waals surface area contributed by atoms with Crippen LogP contribution >= 0.6 is 12.2 Å².